The lowest BCUT2D eigenvalue weighted by molar-refractivity contribution is -0.130. The van der Waals surface area contributed by atoms with E-state index < -0.39 is 0 Å². The minimum Gasteiger partial charge on any atom is -0.467 e. The Kier molecular flexibility index (Phi) is 4.39. The molecule has 0 unspecified atom stereocenters. The average molecular weight is 408 g/mol. The Morgan fingerprint density at radius 2 is 2.17 bits per heavy atom. The number of nitrogens with zero attached hydrogens (tertiary/aromatic N) is 6. The van der Waals surface area contributed by atoms with Crippen molar-refractivity contribution < 1.29 is 13.6 Å². The van der Waals surface area contributed by atoms with E-state index in [1.54, 1.807) is 19.4 Å². The van der Waals surface area contributed by atoms with Crippen molar-refractivity contribution in [2.24, 2.45) is 12.1 Å². The number of hydrazone groups is 1. The van der Waals surface area contributed by atoms with Crippen molar-refractivity contribution in [1.82, 2.24) is 25.2 Å². The summed E-state index contributed by atoms with van der Waals surface area (Å²) in [6, 6.07) is 13.0. The Morgan fingerprint density at radius 3 is 2.93 bits per heavy atom. The molecule has 1 atom stereocenters. The van der Waals surface area contributed by atoms with Gasteiger partial charge in [0.25, 0.3) is 5.91 Å². The van der Waals surface area contributed by atoms with Crippen molar-refractivity contribution in [2.45, 2.75) is 17.6 Å². The molecule has 1 amide bonds. The van der Waals surface area contributed by atoms with Gasteiger partial charge in [-0.3, -0.25) is 4.79 Å². The lowest BCUT2D eigenvalue weighted by atomic mass is 10.1. The van der Waals surface area contributed by atoms with Crippen molar-refractivity contribution in [1.29, 1.82) is 0 Å². The smallest absolute Gasteiger partial charge is 0.253 e. The first kappa shape index (κ1) is 17.7. The summed E-state index contributed by atoms with van der Waals surface area (Å²) in [5.74, 6) is 1.33. The maximum Gasteiger partial charge on any atom is 0.253 e. The third kappa shape index (κ3) is 3.31. The van der Waals surface area contributed by atoms with Crippen LogP contribution in [0.3, 0.4) is 0 Å². The third-order valence-corrected chi connectivity index (χ3v) is 5.65. The first-order valence-electron chi connectivity index (χ1n) is 8.96. The summed E-state index contributed by atoms with van der Waals surface area (Å²) in [7, 11) is 1.73. The van der Waals surface area contributed by atoms with Crippen LogP contribution in [0.2, 0.25) is 0 Å². The van der Waals surface area contributed by atoms with Gasteiger partial charge >= 0.3 is 0 Å². The van der Waals surface area contributed by atoms with E-state index in [9.17, 15) is 4.79 Å². The molecule has 4 aromatic rings. The molecule has 146 valence electrons. The quantitative estimate of drug-likeness (QED) is 0.468. The van der Waals surface area contributed by atoms with Crippen LogP contribution < -0.4 is 0 Å². The largest absolute Gasteiger partial charge is 0.467 e. The molecule has 9 nitrogen and oxygen atoms in total. The van der Waals surface area contributed by atoms with E-state index in [4.69, 9.17) is 8.83 Å². The van der Waals surface area contributed by atoms with Crippen LogP contribution in [-0.2, 0) is 11.8 Å². The average Bonchev–Trinajstić information content (AvgIpc) is 3.51. The van der Waals surface area contributed by atoms with Gasteiger partial charge < -0.3 is 8.83 Å². The molecule has 0 saturated carbocycles. The molecule has 4 heterocycles. The molecule has 5 rings (SSSR count). The van der Waals surface area contributed by atoms with Gasteiger partial charge in [-0.2, -0.15) is 5.10 Å². The van der Waals surface area contributed by atoms with Crippen molar-refractivity contribution >= 4 is 34.3 Å². The van der Waals surface area contributed by atoms with Gasteiger partial charge in [-0.05, 0) is 34.7 Å². The molecular weight excluding hydrogens is 392 g/mol. The highest BCUT2D eigenvalue weighted by atomic mass is 32.2. The predicted molar refractivity (Wildman–Crippen MR) is 105 cm³/mol. The van der Waals surface area contributed by atoms with E-state index in [2.05, 4.69) is 20.6 Å². The summed E-state index contributed by atoms with van der Waals surface area (Å²) in [6.07, 6.45) is 2.10. The molecule has 1 aliphatic rings. The molecule has 0 bridgehead atoms. The van der Waals surface area contributed by atoms with Gasteiger partial charge in [0.15, 0.2) is 5.76 Å². The van der Waals surface area contributed by atoms with Crippen LogP contribution in [0.25, 0.3) is 11.0 Å². The monoisotopic (exact) mass is 408 g/mol. The second kappa shape index (κ2) is 7.21. The molecule has 0 aliphatic carbocycles. The normalized spacial score (nSPS) is 16.5. The van der Waals surface area contributed by atoms with Gasteiger partial charge in [0.2, 0.25) is 5.16 Å². The molecular formula is C19H16N6O3S. The van der Waals surface area contributed by atoms with Gasteiger partial charge in [-0.25, -0.2) is 9.69 Å². The number of furan rings is 2. The first-order chi connectivity index (χ1) is 14.2. The number of aromatic nitrogens is 4. The molecule has 0 N–H and O–H groups in total. The van der Waals surface area contributed by atoms with Crippen LogP contribution in [0.5, 0.6) is 0 Å². The number of tetrazole rings is 1. The molecule has 0 spiro atoms. The summed E-state index contributed by atoms with van der Waals surface area (Å²) >= 11 is 1.26. The molecule has 0 radical (unpaired) electrons. The van der Waals surface area contributed by atoms with Crippen molar-refractivity contribution in [2.75, 3.05) is 5.75 Å². The fourth-order valence-electron chi connectivity index (χ4n) is 3.25. The van der Waals surface area contributed by atoms with Gasteiger partial charge in [0.05, 0.1) is 12.0 Å². The van der Waals surface area contributed by atoms with E-state index in [-0.39, 0.29) is 17.7 Å². The molecule has 10 heteroatoms. The minimum absolute atomic E-state index is 0.155. The van der Waals surface area contributed by atoms with Crippen LogP contribution in [0.4, 0.5) is 0 Å². The Balaban J connectivity index is 1.42. The van der Waals surface area contributed by atoms with Gasteiger partial charge in [-0.15, -0.1) is 5.10 Å². The summed E-state index contributed by atoms with van der Waals surface area (Å²) in [4.78, 5) is 13.0. The van der Waals surface area contributed by atoms with Crippen LogP contribution in [0.15, 0.2) is 67.8 Å². The van der Waals surface area contributed by atoms with E-state index in [0.29, 0.717) is 28.8 Å². The van der Waals surface area contributed by atoms with Crippen LogP contribution in [-0.4, -0.2) is 42.6 Å². The number of benzene rings is 1. The highest BCUT2D eigenvalue weighted by Gasteiger charge is 2.36. The van der Waals surface area contributed by atoms with Crippen molar-refractivity contribution in [3.8, 4) is 0 Å². The van der Waals surface area contributed by atoms with Gasteiger partial charge in [0.1, 0.15) is 23.1 Å². The van der Waals surface area contributed by atoms with E-state index in [0.717, 1.165) is 11.0 Å². The van der Waals surface area contributed by atoms with Crippen molar-refractivity contribution in [3.63, 3.8) is 0 Å². The standard InChI is InChI=1S/C19H16N6O3S/c1-24-19(20-22-23-24)29-11-18(26)25-14(16-7-4-8-27-16)10-13(21-25)17-9-12-5-2-3-6-15(12)28-17/h2-9,14H,10-11H2,1H3/t14-/m1/s1. The number of carbonyl (C=O) groups is 1. The lowest BCUT2D eigenvalue weighted by Crippen LogP contribution is -2.28. The molecule has 3 aromatic heterocycles. The summed E-state index contributed by atoms with van der Waals surface area (Å²) in [6.45, 7) is 0. The number of fused-ring (bicyclic) bond motifs is 1. The predicted octanol–water partition coefficient (Wildman–Crippen LogP) is 3.02. The van der Waals surface area contributed by atoms with Crippen LogP contribution >= 0.6 is 11.8 Å². The van der Waals surface area contributed by atoms with E-state index in [1.807, 2.05) is 36.4 Å². The second-order valence-electron chi connectivity index (χ2n) is 6.54. The summed E-state index contributed by atoms with van der Waals surface area (Å²) in [5, 5.41) is 18.9. The number of hydrogen-bond acceptors (Lipinski definition) is 8. The van der Waals surface area contributed by atoms with Gasteiger partial charge in [-0.1, -0.05) is 30.0 Å². The highest BCUT2D eigenvalue weighted by molar-refractivity contribution is 7.99. The molecule has 1 aliphatic heterocycles. The van der Waals surface area contributed by atoms with E-state index in [1.165, 1.54) is 21.5 Å². The number of para-hydroxylation sites is 1. The second-order valence-corrected chi connectivity index (χ2v) is 7.49. The number of thioether (sulfide) groups is 1. The fourth-order valence-corrected chi connectivity index (χ4v) is 3.95. The number of aryl methyl sites for hydroxylation is 1. The molecule has 0 saturated heterocycles. The molecule has 0 fully saturated rings. The topological polar surface area (TPSA) is 103 Å². The SMILES string of the molecule is Cn1nnnc1SCC(=O)N1N=C(c2cc3ccccc3o2)C[C@@H]1c1ccco1. The summed E-state index contributed by atoms with van der Waals surface area (Å²) in [5.41, 5.74) is 1.50. The van der Waals surface area contributed by atoms with Gasteiger partial charge in [0, 0.05) is 18.9 Å². The first-order valence-corrected chi connectivity index (χ1v) is 9.94. The Bertz CT molecular complexity index is 1160. The Labute approximate surface area is 169 Å². The van der Waals surface area contributed by atoms with Crippen LogP contribution in [0.1, 0.15) is 24.0 Å². The zero-order chi connectivity index (χ0) is 19.8. The van der Waals surface area contributed by atoms with E-state index >= 15 is 0 Å². The molecule has 29 heavy (non-hydrogen) atoms. The van der Waals surface area contributed by atoms with Crippen LogP contribution in [0, 0.1) is 0 Å². The molecule has 1 aromatic carbocycles. The number of hydrogen-bond donors (Lipinski definition) is 0. The summed E-state index contributed by atoms with van der Waals surface area (Å²) < 4.78 is 13.0. The zero-order valence-corrected chi connectivity index (χ0v) is 16.2. The number of rotatable bonds is 5. The zero-order valence-electron chi connectivity index (χ0n) is 15.4. The Morgan fingerprint density at radius 1 is 1.28 bits per heavy atom. The Hall–Kier alpha value is -3.40. The third-order valence-electron chi connectivity index (χ3n) is 4.65. The highest BCUT2D eigenvalue weighted by Crippen LogP contribution is 2.35. The lowest BCUT2D eigenvalue weighted by Gasteiger charge is -2.19. The number of carbonyl (C=O) groups excluding carboxylic acids is 1. The maximum atomic E-state index is 13.0. The minimum atomic E-state index is -0.320. The number of amides is 1. The maximum absolute atomic E-state index is 13.0. The fraction of sp³-hybridized carbons (Fsp3) is 0.211. The van der Waals surface area contributed by atoms with Crippen molar-refractivity contribution in [3.05, 3.63) is 60.2 Å².